The summed E-state index contributed by atoms with van der Waals surface area (Å²) in [6.45, 7) is 2.90. The van der Waals surface area contributed by atoms with Gasteiger partial charge in [-0.25, -0.2) is 9.37 Å². The Morgan fingerprint density at radius 1 is 1.26 bits per heavy atom. The van der Waals surface area contributed by atoms with E-state index in [1.165, 1.54) is 18.3 Å². The maximum atomic E-state index is 13.6. The molecule has 0 aliphatic carbocycles. The zero-order valence-corrected chi connectivity index (χ0v) is 17.3. The molecule has 0 saturated carbocycles. The van der Waals surface area contributed by atoms with Crippen LogP contribution in [0.5, 0.6) is 5.75 Å². The summed E-state index contributed by atoms with van der Waals surface area (Å²) in [5.74, 6) is 0.126. The van der Waals surface area contributed by atoms with Crippen molar-refractivity contribution in [3.8, 4) is 11.8 Å². The molecule has 7 nitrogen and oxygen atoms in total. The monoisotopic (exact) mass is 436 g/mol. The quantitative estimate of drug-likeness (QED) is 0.360. The lowest BCUT2D eigenvalue weighted by atomic mass is 10.1. The maximum Gasteiger partial charge on any atom is 0.144 e. The number of nitrogens with zero attached hydrogens (tertiary/aromatic N) is 3. The molecule has 0 aliphatic rings. The molecule has 3 N–H and O–H groups in total. The summed E-state index contributed by atoms with van der Waals surface area (Å²) in [5, 5.41) is 16.8. The summed E-state index contributed by atoms with van der Waals surface area (Å²) in [6.07, 6.45) is 4.83. The van der Waals surface area contributed by atoms with E-state index in [4.69, 9.17) is 16.3 Å². The van der Waals surface area contributed by atoms with Gasteiger partial charge in [0, 0.05) is 29.5 Å². The van der Waals surface area contributed by atoms with Crippen LogP contribution in [0, 0.1) is 17.1 Å². The second-order valence-corrected chi connectivity index (χ2v) is 7.05. The SMILES string of the molecule is CCOc1cc2ncc(C#N)c(Nc3ccc(F)c(Cl)c3)c2cc1NCc1cnc[nH]1. The Bertz CT molecular complexity index is 1270. The van der Waals surface area contributed by atoms with Crippen molar-refractivity contribution in [3.63, 3.8) is 0 Å². The third kappa shape index (κ3) is 4.37. The number of ether oxygens (including phenoxy) is 1. The van der Waals surface area contributed by atoms with Gasteiger partial charge >= 0.3 is 0 Å². The second kappa shape index (κ2) is 8.90. The van der Waals surface area contributed by atoms with E-state index in [2.05, 4.69) is 31.7 Å². The van der Waals surface area contributed by atoms with Crippen LogP contribution in [0.2, 0.25) is 5.02 Å². The van der Waals surface area contributed by atoms with Gasteiger partial charge in [-0.3, -0.25) is 4.98 Å². The third-order valence-corrected chi connectivity index (χ3v) is 4.89. The molecule has 0 aliphatic heterocycles. The minimum absolute atomic E-state index is 0.0117. The average molecular weight is 437 g/mol. The molecule has 0 atom stereocenters. The molecule has 4 aromatic rings. The molecule has 9 heteroatoms. The second-order valence-electron chi connectivity index (χ2n) is 6.64. The first-order valence-electron chi connectivity index (χ1n) is 9.52. The van der Waals surface area contributed by atoms with E-state index in [1.807, 2.05) is 19.1 Å². The van der Waals surface area contributed by atoms with E-state index in [0.29, 0.717) is 46.7 Å². The molecule has 156 valence electrons. The van der Waals surface area contributed by atoms with E-state index in [-0.39, 0.29) is 5.02 Å². The number of anilines is 3. The molecule has 31 heavy (non-hydrogen) atoms. The fraction of sp³-hybridized carbons (Fsp3) is 0.136. The fourth-order valence-electron chi connectivity index (χ4n) is 3.14. The van der Waals surface area contributed by atoms with E-state index in [1.54, 1.807) is 18.6 Å². The normalized spacial score (nSPS) is 10.6. The van der Waals surface area contributed by atoms with Gasteiger partial charge in [-0.15, -0.1) is 0 Å². The highest BCUT2D eigenvalue weighted by Gasteiger charge is 2.15. The van der Waals surface area contributed by atoms with Crippen molar-refractivity contribution in [1.82, 2.24) is 15.0 Å². The molecule has 0 fully saturated rings. The van der Waals surface area contributed by atoms with Crippen molar-refractivity contribution in [2.45, 2.75) is 13.5 Å². The minimum Gasteiger partial charge on any atom is -0.492 e. The van der Waals surface area contributed by atoms with E-state index in [0.717, 1.165) is 11.4 Å². The number of benzene rings is 2. The predicted octanol–water partition coefficient (Wildman–Crippen LogP) is 5.38. The maximum absolute atomic E-state index is 13.6. The fourth-order valence-corrected chi connectivity index (χ4v) is 3.32. The standard InChI is InChI=1S/C22H18ClFN6O/c1-2-31-21-7-19-16(6-20(21)28-11-15-10-26-12-29-15)22(13(8-25)9-27-19)30-14-3-4-18(24)17(23)5-14/h3-7,9-10,12,28H,2,11H2,1H3,(H,26,29)(H,27,30). The minimum atomic E-state index is -0.515. The summed E-state index contributed by atoms with van der Waals surface area (Å²) in [5.41, 5.74) is 3.73. The first-order chi connectivity index (χ1) is 15.1. The summed E-state index contributed by atoms with van der Waals surface area (Å²) < 4.78 is 19.3. The Balaban J connectivity index is 1.80. The summed E-state index contributed by atoms with van der Waals surface area (Å²) in [6, 6.07) is 10.1. The van der Waals surface area contributed by atoms with Gasteiger partial charge in [0.2, 0.25) is 0 Å². The van der Waals surface area contributed by atoms with Crippen LogP contribution in [0.15, 0.2) is 49.1 Å². The number of hydrogen-bond donors (Lipinski definition) is 3. The molecule has 2 heterocycles. The van der Waals surface area contributed by atoms with Crippen LogP contribution in [-0.4, -0.2) is 21.6 Å². The number of fused-ring (bicyclic) bond motifs is 1. The first kappa shape index (κ1) is 20.4. The lowest BCUT2D eigenvalue weighted by Gasteiger charge is -2.16. The van der Waals surface area contributed by atoms with Gasteiger partial charge < -0.3 is 20.4 Å². The third-order valence-electron chi connectivity index (χ3n) is 4.60. The number of aromatic amines is 1. The van der Waals surface area contributed by atoms with Gasteiger partial charge in [0.1, 0.15) is 17.6 Å². The van der Waals surface area contributed by atoms with Crippen molar-refractivity contribution in [3.05, 3.63) is 71.2 Å². The van der Waals surface area contributed by atoms with Gasteiger partial charge in [0.25, 0.3) is 0 Å². The molecule has 0 radical (unpaired) electrons. The Labute approximate surface area is 182 Å². The molecule has 0 unspecified atom stereocenters. The zero-order chi connectivity index (χ0) is 21.8. The number of halogens is 2. The lowest BCUT2D eigenvalue weighted by molar-refractivity contribution is 0.342. The Morgan fingerprint density at radius 3 is 2.84 bits per heavy atom. The van der Waals surface area contributed by atoms with Gasteiger partial charge in [0.05, 0.1) is 52.7 Å². The van der Waals surface area contributed by atoms with Crippen molar-refractivity contribution in [1.29, 1.82) is 5.26 Å². The Kier molecular flexibility index (Phi) is 5.87. The lowest BCUT2D eigenvalue weighted by Crippen LogP contribution is -2.04. The van der Waals surface area contributed by atoms with E-state index >= 15 is 0 Å². The van der Waals surface area contributed by atoms with Crippen LogP contribution in [0.25, 0.3) is 10.9 Å². The molecule has 0 saturated heterocycles. The van der Waals surface area contributed by atoms with Crippen molar-refractivity contribution in [2.75, 3.05) is 17.2 Å². The first-order valence-corrected chi connectivity index (χ1v) is 9.89. The number of nitriles is 1. The number of aromatic nitrogens is 3. The number of imidazole rings is 1. The highest BCUT2D eigenvalue weighted by Crippen LogP contribution is 2.36. The summed E-state index contributed by atoms with van der Waals surface area (Å²) >= 11 is 5.92. The number of hydrogen-bond acceptors (Lipinski definition) is 6. The number of pyridine rings is 1. The molecule has 2 aromatic heterocycles. The Hall–Kier alpha value is -3.83. The van der Waals surface area contributed by atoms with Crippen LogP contribution < -0.4 is 15.4 Å². The summed E-state index contributed by atoms with van der Waals surface area (Å²) in [4.78, 5) is 11.5. The van der Waals surface area contributed by atoms with Crippen LogP contribution in [0.4, 0.5) is 21.5 Å². The molecular weight excluding hydrogens is 419 g/mol. The highest BCUT2D eigenvalue weighted by molar-refractivity contribution is 6.31. The predicted molar refractivity (Wildman–Crippen MR) is 118 cm³/mol. The highest BCUT2D eigenvalue weighted by atomic mass is 35.5. The van der Waals surface area contributed by atoms with Crippen molar-refractivity contribution < 1.29 is 9.13 Å². The average Bonchev–Trinajstić information content (AvgIpc) is 3.29. The topological polar surface area (TPSA) is 98.7 Å². The van der Waals surface area contributed by atoms with Crippen LogP contribution in [0.3, 0.4) is 0 Å². The van der Waals surface area contributed by atoms with Gasteiger partial charge in [0.15, 0.2) is 0 Å². The van der Waals surface area contributed by atoms with Crippen LogP contribution >= 0.6 is 11.6 Å². The largest absolute Gasteiger partial charge is 0.492 e. The molecule has 0 spiro atoms. The number of rotatable bonds is 7. The molecule has 4 rings (SSSR count). The molecule has 0 bridgehead atoms. The van der Waals surface area contributed by atoms with Crippen LogP contribution in [0.1, 0.15) is 18.2 Å². The molecule has 2 aromatic carbocycles. The summed E-state index contributed by atoms with van der Waals surface area (Å²) in [7, 11) is 0. The smallest absolute Gasteiger partial charge is 0.144 e. The van der Waals surface area contributed by atoms with Crippen LogP contribution in [-0.2, 0) is 6.54 Å². The van der Waals surface area contributed by atoms with Gasteiger partial charge in [-0.05, 0) is 31.2 Å². The van der Waals surface area contributed by atoms with E-state index < -0.39 is 5.82 Å². The van der Waals surface area contributed by atoms with Gasteiger partial charge in [-0.1, -0.05) is 11.6 Å². The van der Waals surface area contributed by atoms with Crippen molar-refractivity contribution in [2.24, 2.45) is 0 Å². The van der Waals surface area contributed by atoms with Gasteiger partial charge in [-0.2, -0.15) is 5.26 Å². The Morgan fingerprint density at radius 2 is 2.13 bits per heavy atom. The molecular formula is C22H18ClFN6O. The van der Waals surface area contributed by atoms with E-state index in [9.17, 15) is 9.65 Å². The molecule has 0 amide bonds. The number of nitrogens with one attached hydrogen (secondary N) is 3. The number of H-pyrrole nitrogens is 1. The van der Waals surface area contributed by atoms with Crippen molar-refractivity contribution >= 4 is 39.6 Å². The zero-order valence-electron chi connectivity index (χ0n) is 16.5.